The fourth-order valence-corrected chi connectivity index (χ4v) is 6.37. The van der Waals surface area contributed by atoms with Gasteiger partial charge >= 0.3 is 6.09 Å². The van der Waals surface area contributed by atoms with Crippen LogP contribution in [0.1, 0.15) is 63.8 Å². The van der Waals surface area contributed by atoms with E-state index in [-0.39, 0.29) is 44.3 Å². The number of amides is 4. The largest absolute Gasteiger partial charge is 0.445 e. The number of benzene rings is 3. The highest BCUT2D eigenvalue weighted by atomic mass is 16.5. The van der Waals surface area contributed by atoms with E-state index >= 15 is 0 Å². The van der Waals surface area contributed by atoms with Crippen LogP contribution in [0.5, 0.6) is 0 Å². The normalized spacial score (nSPS) is 14.1. The molecule has 13 heteroatoms. The van der Waals surface area contributed by atoms with Crippen molar-refractivity contribution in [2.75, 3.05) is 6.61 Å². The fourth-order valence-electron chi connectivity index (χ4n) is 6.37. The van der Waals surface area contributed by atoms with E-state index in [1.54, 1.807) is 6.20 Å². The third kappa shape index (κ3) is 13.3. The summed E-state index contributed by atoms with van der Waals surface area (Å²) < 4.78 is 5.47. The second kappa shape index (κ2) is 20.8. The molecule has 3 aromatic carbocycles. The third-order valence-corrected chi connectivity index (χ3v) is 8.99. The number of carbonyl (C=O) groups excluding carboxylic acids is 4. The van der Waals surface area contributed by atoms with Gasteiger partial charge in [-0.1, -0.05) is 100 Å². The molecule has 4 rings (SSSR count). The lowest BCUT2D eigenvalue weighted by Gasteiger charge is -2.29. The molecule has 1 aromatic heterocycles. The van der Waals surface area contributed by atoms with E-state index in [0.717, 1.165) is 21.9 Å². The molecule has 0 aliphatic carbocycles. The highest BCUT2D eigenvalue weighted by Crippen LogP contribution is 2.20. The summed E-state index contributed by atoms with van der Waals surface area (Å²) in [5.74, 6) is -1.39. The number of ether oxygens (including phenoxy) is 1. The monoisotopic (exact) mass is 742 g/mol. The first-order valence-electron chi connectivity index (χ1n) is 18.5. The minimum atomic E-state index is -1.25. The van der Waals surface area contributed by atoms with Crippen LogP contribution in [0.4, 0.5) is 4.79 Å². The van der Waals surface area contributed by atoms with Crippen LogP contribution in [0, 0.1) is 11.8 Å². The van der Waals surface area contributed by atoms with Crippen LogP contribution < -0.4 is 21.3 Å². The molecule has 0 saturated carbocycles. The van der Waals surface area contributed by atoms with Gasteiger partial charge in [0.05, 0.1) is 37.5 Å². The topological polar surface area (TPSA) is 195 Å². The lowest BCUT2D eigenvalue weighted by atomic mass is 9.96. The van der Waals surface area contributed by atoms with Gasteiger partial charge < -0.3 is 41.2 Å². The van der Waals surface area contributed by atoms with Gasteiger partial charge in [0.25, 0.3) is 0 Å². The van der Waals surface area contributed by atoms with E-state index in [9.17, 15) is 29.4 Å². The van der Waals surface area contributed by atoms with Crippen molar-refractivity contribution < 1.29 is 34.1 Å². The van der Waals surface area contributed by atoms with Crippen molar-refractivity contribution in [1.82, 2.24) is 31.2 Å². The number of fused-ring (bicyclic) bond motifs is 1. The number of aromatic amines is 1. The van der Waals surface area contributed by atoms with Crippen LogP contribution in [0.15, 0.2) is 85.3 Å². The Morgan fingerprint density at radius 2 is 1.44 bits per heavy atom. The molecule has 5 atom stereocenters. The van der Waals surface area contributed by atoms with Crippen LogP contribution in [-0.2, 0) is 38.6 Å². The number of aliphatic hydroxyl groups is 2. The van der Waals surface area contributed by atoms with Crippen molar-refractivity contribution in [2.24, 2.45) is 11.8 Å². The number of nitrogens with zero attached hydrogens (tertiary/aromatic N) is 1. The van der Waals surface area contributed by atoms with Gasteiger partial charge in [0, 0.05) is 24.7 Å². The molecular formula is C41H54N6O7. The second-order valence-electron chi connectivity index (χ2n) is 14.5. The number of alkyl carbamates (subject to hydrolysis) is 1. The molecule has 0 bridgehead atoms. The first-order chi connectivity index (χ1) is 25.9. The molecule has 0 saturated heterocycles. The van der Waals surface area contributed by atoms with Gasteiger partial charge in [0.15, 0.2) is 0 Å². The summed E-state index contributed by atoms with van der Waals surface area (Å²) in [5.41, 5.74) is 2.15. The Morgan fingerprint density at radius 1 is 0.778 bits per heavy atom. The Bertz CT molecular complexity index is 1780. The number of imidazole rings is 1. The standard InChI is InChI=1S/C41H54N6O7/c1-26(2)17-32(23-48)44-38(50)21-37(49)34(18-27(3)4)45-40(52)36(20-31-22-42-25-43-31)46-39(51)35(47-41(53)54-24-28-11-6-5-7-12-28)19-30-15-10-14-29-13-8-9-16-33(29)30/h5-16,22,25-27,32,34-37,48-49H,17-21,23-24H2,1-4H3,(H,42,43)(H,44,50)(H,45,52)(H,46,51)(H,47,53)/t32-,34?,35-,36-,37?/m0/s1. The first-order valence-corrected chi connectivity index (χ1v) is 18.5. The smallest absolute Gasteiger partial charge is 0.408 e. The van der Waals surface area contributed by atoms with E-state index in [2.05, 4.69) is 31.2 Å². The predicted octanol–water partition coefficient (Wildman–Crippen LogP) is 3.93. The highest BCUT2D eigenvalue weighted by molar-refractivity contribution is 5.93. The van der Waals surface area contributed by atoms with Crippen LogP contribution in [0.25, 0.3) is 10.8 Å². The van der Waals surface area contributed by atoms with Gasteiger partial charge in [-0.25, -0.2) is 9.78 Å². The van der Waals surface area contributed by atoms with Gasteiger partial charge in [0.1, 0.15) is 18.7 Å². The lowest BCUT2D eigenvalue weighted by Crippen LogP contribution is -2.57. The van der Waals surface area contributed by atoms with Crippen molar-refractivity contribution in [3.8, 4) is 0 Å². The third-order valence-electron chi connectivity index (χ3n) is 8.99. The maximum atomic E-state index is 14.2. The molecule has 0 spiro atoms. The molecule has 290 valence electrons. The quantitative estimate of drug-likeness (QED) is 0.0708. The summed E-state index contributed by atoms with van der Waals surface area (Å²) in [5, 5.41) is 34.0. The van der Waals surface area contributed by atoms with Crippen molar-refractivity contribution in [3.05, 3.63) is 102 Å². The number of rotatable bonds is 20. The van der Waals surface area contributed by atoms with Crippen molar-refractivity contribution in [1.29, 1.82) is 0 Å². The molecule has 0 radical (unpaired) electrons. The fraction of sp³-hybridized carbons (Fsp3) is 0.439. The SMILES string of the molecule is CC(C)CC(NC(=O)[C@H](Cc1cnc[nH]1)NC(=O)[C@H](Cc1cccc2ccccc12)NC(=O)OCc1ccccc1)C(O)CC(=O)N[C@H](CO)CC(C)C. The van der Waals surface area contributed by atoms with E-state index in [1.807, 2.05) is 100 Å². The maximum Gasteiger partial charge on any atom is 0.408 e. The number of carbonyl (C=O) groups is 4. The molecule has 4 amide bonds. The first kappa shape index (κ1) is 41.5. The second-order valence-corrected chi connectivity index (χ2v) is 14.5. The number of hydrogen-bond donors (Lipinski definition) is 7. The predicted molar refractivity (Wildman–Crippen MR) is 206 cm³/mol. The molecule has 13 nitrogen and oxygen atoms in total. The van der Waals surface area contributed by atoms with Crippen LogP contribution in [0.2, 0.25) is 0 Å². The van der Waals surface area contributed by atoms with Gasteiger partial charge in [-0.05, 0) is 46.6 Å². The molecule has 2 unspecified atom stereocenters. The molecule has 0 aliphatic heterocycles. The minimum Gasteiger partial charge on any atom is -0.445 e. The number of hydrogen-bond acceptors (Lipinski definition) is 8. The Labute approximate surface area is 316 Å². The molecule has 1 heterocycles. The summed E-state index contributed by atoms with van der Waals surface area (Å²) in [6.45, 7) is 7.59. The summed E-state index contributed by atoms with van der Waals surface area (Å²) in [6, 6.07) is 19.0. The van der Waals surface area contributed by atoms with E-state index in [1.165, 1.54) is 6.33 Å². The van der Waals surface area contributed by atoms with E-state index < -0.39 is 54.1 Å². The van der Waals surface area contributed by atoms with Crippen molar-refractivity contribution >= 4 is 34.6 Å². The molecular weight excluding hydrogens is 688 g/mol. The summed E-state index contributed by atoms with van der Waals surface area (Å²) in [4.78, 5) is 61.3. The zero-order valence-corrected chi connectivity index (χ0v) is 31.5. The molecule has 54 heavy (non-hydrogen) atoms. The van der Waals surface area contributed by atoms with Crippen LogP contribution in [-0.4, -0.2) is 80.9 Å². The Kier molecular flexibility index (Phi) is 16.0. The van der Waals surface area contributed by atoms with Crippen LogP contribution in [0.3, 0.4) is 0 Å². The Balaban J connectivity index is 1.54. The van der Waals surface area contributed by atoms with Gasteiger partial charge in [-0.2, -0.15) is 0 Å². The Hall–Kier alpha value is -5.27. The average Bonchev–Trinajstić information content (AvgIpc) is 3.66. The molecule has 0 aliphatic rings. The molecule has 7 N–H and O–H groups in total. The zero-order valence-electron chi connectivity index (χ0n) is 31.5. The number of nitrogens with one attached hydrogen (secondary N) is 5. The summed E-state index contributed by atoms with van der Waals surface area (Å²) >= 11 is 0. The number of H-pyrrole nitrogens is 1. The summed E-state index contributed by atoms with van der Waals surface area (Å²) in [6.07, 6.45) is 1.69. The lowest BCUT2D eigenvalue weighted by molar-refractivity contribution is -0.131. The maximum absolute atomic E-state index is 14.2. The molecule has 4 aromatic rings. The van der Waals surface area contributed by atoms with Gasteiger partial charge in [0.2, 0.25) is 17.7 Å². The zero-order chi connectivity index (χ0) is 39.0. The van der Waals surface area contributed by atoms with Gasteiger partial charge in [-0.3, -0.25) is 14.4 Å². The van der Waals surface area contributed by atoms with E-state index in [4.69, 9.17) is 4.74 Å². The highest BCUT2D eigenvalue weighted by Gasteiger charge is 2.32. The molecule has 0 fully saturated rings. The summed E-state index contributed by atoms with van der Waals surface area (Å²) in [7, 11) is 0. The van der Waals surface area contributed by atoms with Crippen molar-refractivity contribution in [2.45, 2.75) is 96.7 Å². The Morgan fingerprint density at radius 3 is 2.13 bits per heavy atom. The van der Waals surface area contributed by atoms with E-state index in [0.29, 0.717) is 18.5 Å². The average molecular weight is 743 g/mol. The van der Waals surface area contributed by atoms with Crippen molar-refractivity contribution in [3.63, 3.8) is 0 Å². The number of aromatic nitrogens is 2. The van der Waals surface area contributed by atoms with Crippen LogP contribution >= 0.6 is 0 Å². The minimum absolute atomic E-state index is 0.00386. The van der Waals surface area contributed by atoms with Gasteiger partial charge in [-0.15, -0.1) is 0 Å². The number of aliphatic hydroxyl groups excluding tert-OH is 2.